The lowest BCUT2D eigenvalue weighted by atomic mass is 10.1. The number of aromatic amines is 1. The molecule has 6 heteroatoms. The van der Waals surface area contributed by atoms with Crippen LogP contribution in [0, 0.1) is 11.6 Å². The van der Waals surface area contributed by atoms with Gasteiger partial charge in [0.05, 0.1) is 6.42 Å². The first-order valence-electron chi connectivity index (χ1n) is 4.13. The fraction of sp³-hybridized carbons (Fsp3) is 0.111. The molecule has 0 saturated carbocycles. The molecule has 0 atom stereocenters. The molecule has 15 heavy (non-hydrogen) atoms. The Hall–Kier alpha value is -1.98. The zero-order valence-electron chi connectivity index (χ0n) is 7.46. The van der Waals surface area contributed by atoms with E-state index in [4.69, 9.17) is 0 Å². The average molecular weight is 212 g/mol. The summed E-state index contributed by atoms with van der Waals surface area (Å²) < 4.78 is 30.0. The van der Waals surface area contributed by atoms with Gasteiger partial charge in [-0.05, 0) is 17.7 Å². The van der Waals surface area contributed by atoms with E-state index < -0.39 is 17.4 Å². The third kappa shape index (κ3) is 2.09. The first-order chi connectivity index (χ1) is 7.15. The van der Waals surface area contributed by atoms with Crippen molar-refractivity contribution >= 4 is 0 Å². The standard InChI is InChI=1S/C9H6F2N2O2/c10-6-2-1-5(3-7(6)11)4-8-12-13-9(14)15-8/h1-3H,4H2,(H,13,14). The topological polar surface area (TPSA) is 58.9 Å². The SMILES string of the molecule is O=c1[nH]nc(Cc2ccc(F)c(F)c2)o1. The van der Waals surface area contributed by atoms with Gasteiger partial charge in [-0.15, -0.1) is 5.10 Å². The van der Waals surface area contributed by atoms with Gasteiger partial charge in [-0.25, -0.2) is 18.7 Å². The third-order valence-corrected chi connectivity index (χ3v) is 1.82. The van der Waals surface area contributed by atoms with Gasteiger partial charge in [0.15, 0.2) is 11.6 Å². The summed E-state index contributed by atoms with van der Waals surface area (Å²) in [7, 11) is 0. The summed E-state index contributed by atoms with van der Waals surface area (Å²) in [6, 6.07) is 3.44. The number of hydrogen-bond acceptors (Lipinski definition) is 3. The zero-order valence-corrected chi connectivity index (χ0v) is 7.46. The normalized spacial score (nSPS) is 10.5. The van der Waals surface area contributed by atoms with Crippen LogP contribution in [-0.2, 0) is 6.42 Å². The Morgan fingerprint density at radius 3 is 2.73 bits per heavy atom. The average Bonchev–Trinajstić information content (AvgIpc) is 2.58. The van der Waals surface area contributed by atoms with Gasteiger partial charge in [-0.2, -0.15) is 0 Å². The predicted molar refractivity (Wildman–Crippen MR) is 46.3 cm³/mol. The van der Waals surface area contributed by atoms with E-state index in [1.807, 2.05) is 0 Å². The fourth-order valence-electron chi connectivity index (χ4n) is 1.16. The highest BCUT2D eigenvalue weighted by Gasteiger charge is 2.06. The molecule has 0 spiro atoms. The second kappa shape index (κ2) is 3.64. The summed E-state index contributed by atoms with van der Waals surface area (Å²) >= 11 is 0. The second-order valence-electron chi connectivity index (χ2n) is 2.93. The van der Waals surface area contributed by atoms with Crippen LogP contribution in [0.1, 0.15) is 11.5 Å². The van der Waals surface area contributed by atoms with E-state index >= 15 is 0 Å². The molecular weight excluding hydrogens is 206 g/mol. The summed E-state index contributed by atoms with van der Waals surface area (Å²) in [5.41, 5.74) is 0.476. The lowest BCUT2D eigenvalue weighted by Gasteiger charge is -1.97. The fourth-order valence-corrected chi connectivity index (χ4v) is 1.16. The van der Waals surface area contributed by atoms with E-state index in [0.717, 1.165) is 12.1 Å². The summed E-state index contributed by atoms with van der Waals surface area (Å²) in [4.78, 5) is 10.6. The minimum absolute atomic E-state index is 0.131. The van der Waals surface area contributed by atoms with Gasteiger partial charge in [0.1, 0.15) is 0 Å². The number of hydrogen-bond donors (Lipinski definition) is 1. The van der Waals surface area contributed by atoms with Gasteiger partial charge >= 0.3 is 5.76 Å². The largest absolute Gasteiger partial charge is 0.434 e. The molecule has 1 heterocycles. The molecule has 1 aromatic heterocycles. The molecule has 0 fully saturated rings. The van der Waals surface area contributed by atoms with E-state index in [1.165, 1.54) is 6.07 Å². The van der Waals surface area contributed by atoms with Crippen molar-refractivity contribution in [1.29, 1.82) is 0 Å². The molecule has 0 aliphatic heterocycles. The van der Waals surface area contributed by atoms with Gasteiger partial charge in [0.2, 0.25) is 5.89 Å². The van der Waals surface area contributed by atoms with Gasteiger partial charge in [0.25, 0.3) is 0 Å². The molecule has 1 aromatic carbocycles. The lowest BCUT2D eigenvalue weighted by Crippen LogP contribution is -1.94. The number of halogens is 2. The summed E-state index contributed by atoms with van der Waals surface area (Å²) in [6.45, 7) is 0. The van der Waals surface area contributed by atoms with Gasteiger partial charge < -0.3 is 4.42 Å². The van der Waals surface area contributed by atoms with Crippen molar-refractivity contribution in [2.24, 2.45) is 0 Å². The predicted octanol–water partition coefficient (Wildman–Crippen LogP) is 1.23. The Balaban J connectivity index is 2.24. The number of H-pyrrole nitrogens is 1. The second-order valence-corrected chi connectivity index (χ2v) is 2.93. The first-order valence-corrected chi connectivity index (χ1v) is 4.13. The molecule has 4 nitrogen and oxygen atoms in total. The number of nitrogens with one attached hydrogen (secondary N) is 1. The molecule has 2 rings (SSSR count). The van der Waals surface area contributed by atoms with Crippen LogP contribution >= 0.6 is 0 Å². The van der Waals surface area contributed by atoms with Crippen LogP contribution in [0.3, 0.4) is 0 Å². The van der Waals surface area contributed by atoms with Crippen LogP contribution in [0.15, 0.2) is 27.4 Å². The maximum atomic E-state index is 12.8. The van der Waals surface area contributed by atoms with Crippen LogP contribution in [0.2, 0.25) is 0 Å². The maximum Gasteiger partial charge on any atom is 0.434 e. The number of benzene rings is 1. The molecule has 0 radical (unpaired) electrons. The first kappa shape index (κ1) is 9.57. The highest BCUT2D eigenvalue weighted by atomic mass is 19.2. The molecule has 78 valence electrons. The molecule has 1 N–H and O–H groups in total. The summed E-state index contributed by atoms with van der Waals surface area (Å²) in [5, 5.41) is 5.62. The molecule has 0 aliphatic rings. The van der Waals surface area contributed by atoms with Crippen LogP contribution < -0.4 is 5.76 Å². The summed E-state index contributed by atoms with van der Waals surface area (Å²) in [6.07, 6.45) is 0.135. The zero-order chi connectivity index (χ0) is 10.8. The Kier molecular flexibility index (Phi) is 2.32. The summed E-state index contributed by atoms with van der Waals surface area (Å²) in [5.74, 6) is -2.40. The molecule has 0 amide bonds. The quantitative estimate of drug-likeness (QED) is 0.814. The van der Waals surface area contributed by atoms with Crippen LogP contribution in [0.5, 0.6) is 0 Å². The lowest BCUT2D eigenvalue weighted by molar-refractivity contribution is 0.469. The smallest absolute Gasteiger partial charge is 0.392 e. The minimum atomic E-state index is -0.939. The van der Waals surface area contributed by atoms with E-state index in [9.17, 15) is 13.6 Å². The molecule has 0 saturated heterocycles. The van der Waals surface area contributed by atoms with Crippen LogP contribution in [0.25, 0.3) is 0 Å². The van der Waals surface area contributed by atoms with Crippen molar-refractivity contribution in [2.75, 3.05) is 0 Å². The van der Waals surface area contributed by atoms with Gasteiger partial charge in [-0.3, -0.25) is 0 Å². The van der Waals surface area contributed by atoms with E-state index in [2.05, 4.69) is 14.6 Å². The highest BCUT2D eigenvalue weighted by Crippen LogP contribution is 2.11. The molecular formula is C9H6F2N2O2. The van der Waals surface area contributed by atoms with Crippen molar-refractivity contribution in [3.05, 3.63) is 51.8 Å². The van der Waals surface area contributed by atoms with E-state index in [1.54, 1.807) is 0 Å². The van der Waals surface area contributed by atoms with E-state index in [0.29, 0.717) is 5.56 Å². The number of aromatic nitrogens is 2. The van der Waals surface area contributed by atoms with Crippen LogP contribution in [0.4, 0.5) is 8.78 Å². The minimum Gasteiger partial charge on any atom is -0.392 e. The van der Waals surface area contributed by atoms with Crippen molar-refractivity contribution in [3.8, 4) is 0 Å². The highest BCUT2D eigenvalue weighted by molar-refractivity contribution is 5.20. The van der Waals surface area contributed by atoms with Crippen molar-refractivity contribution in [1.82, 2.24) is 10.2 Å². The van der Waals surface area contributed by atoms with Gasteiger partial charge in [0, 0.05) is 0 Å². The maximum absolute atomic E-state index is 12.8. The molecule has 0 unspecified atom stereocenters. The monoisotopic (exact) mass is 212 g/mol. The molecule has 0 aliphatic carbocycles. The Morgan fingerprint density at radius 2 is 2.13 bits per heavy atom. The third-order valence-electron chi connectivity index (χ3n) is 1.82. The van der Waals surface area contributed by atoms with E-state index in [-0.39, 0.29) is 12.3 Å². The Labute approximate surface area is 82.5 Å². The molecule has 0 bridgehead atoms. The van der Waals surface area contributed by atoms with Gasteiger partial charge in [-0.1, -0.05) is 6.07 Å². The van der Waals surface area contributed by atoms with Crippen molar-refractivity contribution < 1.29 is 13.2 Å². The Morgan fingerprint density at radius 1 is 1.33 bits per heavy atom. The van der Waals surface area contributed by atoms with Crippen LogP contribution in [-0.4, -0.2) is 10.2 Å². The number of rotatable bonds is 2. The Bertz CT molecular complexity index is 533. The molecule has 2 aromatic rings. The van der Waals surface area contributed by atoms with Crippen molar-refractivity contribution in [3.63, 3.8) is 0 Å². The number of nitrogens with zero attached hydrogens (tertiary/aromatic N) is 1. The van der Waals surface area contributed by atoms with Crippen molar-refractivity contribution in [2.45, 2.75) is 6.42 Å².